The number of hydrogen-bond donors (Lipinski definition) is 1. The second kappa shape index (κ2) is 3.90. The minimum Gasteiger partial charge on any atom is -0.277 e. The van der Waals surface area contributed by atoms with E-state index in [1.54, 1.807) is 17.4 Å². The quantitative estimate of drug-likeness (QED) is 0.537. The highest BCUT2D eigenvalue weighted by Crippen LogP contribution is 2.35. The fourth-order valence-electron chi connectivity index (χ4n) is 2.28. The molecule has 0 fully saturated rings. The Morgan fingerprint density at radius 1 is 1.05 bits per heavy atom. The number of aromatic amines is 1. The summed E-state index contributed by atoms with van der Waals surface area (Å²) >= 11 is 1.70. The summed E-state index contributed by atoms with van der Waals surface area (Å²) in [6.45, 7) is 0. The lowest BCUT2D eigenvalue weighted by Crippen LogP contribution is -1.74. The van der Waals surface area contributed by atoms with Crippen LogP contribution < -0.4 is 0 Å². The van der Waals surface area contributed by atoms with E-state index in [-0.39, 0.29) is 5.82 Å². The van der Waals surface area contributed by atoms with Crippen molar-refractivity contribution in [3.8, 4) is 10.6 Å². The van der Waals surface area contributed by atoms with E-state index in [0.29, 0.717) is 0 Å². The van der Waals surface area contributed by atoms with Crippen LogP contribution in [-0.2, 0) is 0 Å². The number of hydrogen-bond acceptors (Lipinski definition) is 2. The number of H-pyrrole nitrogens is 1. The molecule has 4 rings (SSSR count). The van der Waals surface area contributed by atoms with E-state index >= 15 is 0 Å². The SMILES string of the molecule is Fc1ccc2c(-c3cc4ccccc4s3)n[nH]c2c1. The van der Waals surface area contributed by atoms with E-state index in [0.717, 1.165) is 21.5 Å². The van der Waals surface area contributed by atoms with Crippen molar-refractivity contribution in [1.29, 1.82) is 0 Å². The molecule has 2 aromatic heterocycles. The predicted molar refractivity (Wildman–Crippen MR) is 76.9 cm³/mol. The fraction of sp³-hybridized carbons (Fsp3) is 0. The minimum atomic E-state index is -0.251. The highest BCUT2D eigenvalue weighted by molar-refractivity contribution is 7.22. The molecule has 0 saturated heterocycles. The molecular formula is C15H9FN2S. The molecule has 0 aliphatic carbocycles. The number of benzene rings is 2. The smallest absolute Gasteiger partial charge is 0.125 e. The third kappa shape index (κ3) is 1.64. The van der Waals surface area contributed by atoms with Crippen molar-refractivity contribution in [2.75, 3.05) is 0 Å². The Kier molecular flexibility index (Phi) is 2.19. The largest absolute Gasteiger partial charge is 0.277 e. The summed E-state index contributed by atoms with van der Waals surface area (Å²) in [5, 5.41) is 9.37. The Hall–Kier alpha value is -2.20. The van der Waals surface area contributed by atoms with Crippen molar-refractivity contribution < 1.29 is 4.39 Å². The van der Waals surface area contributed by atoms with Gasteiger partial charge in [-0.2, -0.15) is 5.10 Å². The summed E-state index contributed by atoms with van der Waals surface area (Å²) in [5.41, 5.74) is 1.61. The number of nitrogens with one attached hydrogen (secondary N) is 1. The lowest BCUT2D eigenvalue weighted by Gasteiger charge is -1.92. The Morgan fingerprint density at radius 3 is 2.84 bits per heavy atom. The average Bonchev–Trinajstić information content (AvgIpc) is 3.00. The molecule has 2 nitrogen and oxygen atoms in total. The van der Waals surface area contributed by atoms with Gasteiger partial charge in [-0.05, 0) is 35.7 Å². The van der Waals surface area contributed by atoms with Gasteiger partial charge in [0.05, 0.1) is 10.4 Å². The van der Waals surface area contributed by atoms with Gasteiger partial charge in [0.15, 0.2) is 0 Å². The normalized spacial score (nSPS) is 11.4. The Bertz CT molecular complexity index is 858. The number of fused-ring (bicyclic) bond motifs is 2. The lowest BCUT2D eigenvalue weighted by molar-refractivity contribution is 0.629. The number of nitrogens with zero attached hydrogens (tertiary/aromatic N) is 1. The van der Waals surface area contributed by atoms with Gasteiger partial charge in [-0.15, -0.1) is 11.3 Å². The number of rotatable bonds is 1. The van der Waals surface area contributed by atoms with Gasteiger partial charge < -0.3 is 0 Å². The highest BCUT2D eigenvalue weighted by atomic mass is 32.1. The zero-order chi connectivity index (χ0) is 12.8. The summed E-state index contributed by atoms with van der Waals surface area (Å²) in [5.74, 6) is -0.251. The molecule has 92 valence electrons. The van der Waals surface area contributed by atoms with Crippen LogP contribution in [-0.4, -0.2) is 10.2 Å². The van der Waals surface area contributed by atoms with Crippen molar-refractivity contribution in [3.05, 3.63) is 54.3 Å². The molecule has 4 aromatic rings. The average molecular weight is 268 g/mol. The molecule has 0 spiro atoms. The first kappa shape index (κ1) is 10.7. The summed E-state index contributed by atoms with van der Waals surface area (Å²) < 4.78 is 14.4. The molecule has 2 heterocycles. The maximum atomic E-state index is 13.2. The van der Waals surface area contributed by atoms with Crippen LogP contribution in [0, 0.1) is 5.82 Å². The molecule has 2 aromatic carbocycles. The van der Waals surface area contributed by atoms with Gasteiger partial charge in [0, 0.05) is 10.1 Å². The van der Waals surface area contributed by atoms with Gasteiger partial charge in [0.1, 0.15) is 11.5 Å². The molecule has 1 N–H and O–H groups in total. The van der Waals surface area contributed by atoms with Crippen molar-refractivity contribution in [2.45, 2.75) is 0 Å². The first-order chi connectivity index (χ1) is 9.31. The topological polar surface area (TPSA) is 28.7 Å². The van der Waals surface area contributed by atoms with Crippen LogP contribution in [0.5, 0.6) is 0 Å². The molecule has 0 bridgehead atoms. The van der Waals surface area contributed by atoms with E-state index in [9.17, 15) is 4.39 Å². The highest BCUT2D eigenvalue weighted by Gasteiger charge is 2.11. The first-order valence-corrected chi connectivity index (χ1v) is 6.75. The summed E-state index contributed by atoms with van der Waals surface area (Å²) in [4.78, 5) is 1.10. The molecule has 0 amide bonds. The van der Waals surface area contributed by atoms with Crippen LogP contribution in [0.1, 0.15) is 0 Å². The van der Waals surface area contributed by atoms with Crippen molar-refractivity contribution in [3.63, 3.8) is 0 Å². The summed E-state index contributed by atoms with van der Waals surface area (Å²) in [6, 6.07) is 15.1. The predicted octanol–water partition coefficient (Wildman–Crippen LogP) is 4.58. The van der Waals surface area contributed by atoms with Gasteiger partial charge in [0.25, 0.3) is 0 Å². The van der Waals surface area contributed by atoms with Gasteiger partial charge in [-0.25, -0.2) is 4.39 Å². The molecule has 0 radical (unpaired) electrons. The van der Waals surface area contributed by atoms with Gasteiger partial charge in [-0.1, -0.05) is 18.2 Å². The molecule has 4 heteroatoms. The molecule has 0 aliphatic heterocycles. The zero-order valence-electron chi connectivity index (χ0n) is 9.85. The maximum absolute atomic E-state index is 13.2. The fourth-order valence-corrected chi connectivity index (χ4v) is 3.34. The van der Waals surface area contributed by atoms with E-state index in [1.165, 1.54) is 22.2 Å². The summed E-state index contributed by atoms with van der Waals surface area (Å²) in [6.07, 6.45) is 0. The molecule has 19 heavy (non-hydrogen) atoms. The van der Waals surface area contributed by atoms with Crippen molar-refractivity contribution >= 4 is 32.3 Å². The van der Waals surface area contributed by atoms with Gasteiger partial charge in [-0.3, -0.25) is 5.10 Å². The summed E-state index contributed by atoms with van der Waals surface area (Å²) in [7, 11) is 0. The van der Waals surface area contributed by atoms with E-state index in [4.69, 9.17) is 0 Å². The monoisotopic (exact) mass is 268 g/mol. The van der Waals surface area contributed by atoms with E-state index in [1.807, 2.05) is 12.1 Å². The molecule has 0 aliphatic rings. The second-order valence-corrected chi connectivity index (χ2v) is 5.49. The van der Waals surface area contributed by atoms with Gasteiger partial charge >= 0.3 is 0 Å². The minimum absolute atomic E-state index is 0.251. The molecule has 0 atom stereocenters. The first-order valence-electron chi connectivity index (χ1n) is 5.94. The van der Waals surface area contributed by atoms with Crippen LogP contribution in [0.4, 0.5) is 4.39 Å². The molecular weight excluding hydrogens is 259 g/mol. The Morgan fingerprint density at radius 2 is 1.95 bits per heavy atom. The van der Waals surface area contributed by atoms with E-state index in [2.05, 4.69) is 28.4 Å². The standard InChI is InChI=1S/C15H9FN2S/c16-10-5-6-11-12(8-10)17-18-15(11)14-7-9-3-1-2-4-13(9)19-14/h1-8H,(H,17,18). The van der Waals surface area contributed by atoms with Crippen LogP contribution in [0.25, 0.3) is 31.6 Å². The molecule has 0 saturated carbocycles. The van der Waals surface area contributed by atoms with Crippen LogP contribution in [0.2, 0.25) is 0 Å². The number of thiophene rings is 1. The van der Waals surface area contributed by atoms with Gasteiger partial charge in [0.2, 0.25) is 0 Å². The van der Waals surface area contributed by atoms with Crippen molar-refractivity contribution in [1.82, 2.24) is 10.2 Å². The third-order valence-electron chi connectivity index (χ3n) is 3.18. The third-order valence-corrected chi connectivity index (χ3v) is 4.31. The Balaban J connectivity index is 1.98. The second-order valence-electron chi connectivity index (χ2n) is 4.41. The lowest BCUT2D eigenvalue weighted by atomic mass is 10.1. The van der Waals surface area contributed by atoms with Crippen molar-refractivity contribution in [2.24, 2.45) is 0 Å². The number of aromatic nitrogens is 2. The Labute approximate surface area is 112 Å². The zero-order valence-corrected chi connectivity index (χ0v) is 10.7. The van der Waals surface area contributed by atoms with Crippen LogP contribution in [0.3, 0.4) is 0 Å². The van der Waals surface area contributed by atoms with Crippen LogP contribution >= 0.6 is 11.3 Å². The van der Waals surface area contributed by atoms with Crippen LogP contribution in [0.15, 0.2) is 48.5 Å². The molecule has 0 unspecified atom stereocenters. The van der Waals surface area contributed by atoms with E-state index < -0.39 is 0 Å². The number of halogens is 1. The maximum Gasteiger partial charge on any atom is 0.125 e.